The van der Waals surface area contributed by atoms with Crippen LogP contribution in [0, 0.1) is 6.92 Å². The van der Waals surface area contributed by atoms with Gasteiger partial charge in [0.25, 0.3) is 0 Å². The summed E-state index contributed by atoms with van der Waals surface area (Å²) in [6, 6.07) is 8.67. The van der Waals surface area contributed by atoms with Crippen molar-refractivity contribution in [2.75, 3.05) is 26.2 Å². The molecule has 0 aromatic heterocycles. The molecule has 1 aromatic carbocycles. The first-order valence-electron chi connectivity index (χ1n) is 6.80. The molecule has 0 radical (unpaired) electrons. The maximum atomic E-state index is 3.49. The fourth-order valence-corrected chi connectivity index (χ4v) is 1.93. The van der Waals surface area contributed by atoms with Crippen molar-refractivity contribution in [2.24, 2.45) is 0 Å². The van der Waals surface area contributed by atoms with E-state index in [1.807, 2.05) is 0 Å². The van der Waals surface area contributed by atoms with Crippen molar-refractivity contribution >= 4 is 0 Å². The third-order valence-electron chi connectivity index (χ3n) is 3.02. The normalized spacial score (nSPS) is 10.7. The van der Waals surface area contributed by atoms with E-state index in [-0.39, 0.29) is 0 Å². The molecule has 2 heteroatoms. The number of aryl methyl sites for hydroxylation is 2. The van der Waals surface area contributed by atoms with E-state index < -0.39 is 0 Å². The predicted molar refractivity (Wildman–Crippen MR) is 75.5 cm³/mol. The minimum atomic E-state index is 1.08. The second-order valence-electron chi connectivity index (χ2n) is 4.49. The number of nitrogens with one attached hydrogen (secondary N) is 2. The van der Waals surface area contributed by atoms with Crippen LogP contribution in [0.15, 0.2) is 24.3 Å². The Morgan fingerprint density at radius 2 is 1.65 bits per heavy atom. The molecule has 0 bridgehead atoms. The number of hydrogen-bond acceptors (Lipinski definition) is 2. The van der Waals surface area contributed by atoms with Gasteiger partial charge in [-0.25, -0.2) is 0 Å². The first kappa shape index (κ1) is 14.2. The van der Waals surface area contributed by atoms with Crippen LogP contribution in [0.5, 0.6) is 0 Å². The Balaban J connectivity index is 1.99. The average Bonchev–Trinajstić information content (AvgIpc) is 2.35. The third-order valence-corrected chi connectivity index (χ3v) is 3.02. The summed E-state index contributed by atoms with van der Waals surface area (Å²) in [5.74, 6) is 0. The van der Waals surface area contributed by atoms with E-state index in [4.69, 9.17) is 0 Å². The average molecular weight is 234 g/mol. The van der Waals surface area contributed by atoms with Crippen LogP contribution in [0.1, 0.15) is 30.9 Å². The van der Waals surface area contributed by atoms with Crippen LogP contribution in [-0.2, 0) is 6.42 Å². The molecular formula is C15H26N2. The van der Waals surface area contributed by atoms with Gasteiger partial charge in [0, 0.05) is 0 Å². The molecule has 0 spiro atoms. The van der Waals surface area contributed by atoms with Gasteiger partial charge in [-0.15, -0.1) is 0 Å². The maximum absolute atomic E-state index is 3.49. The second-order valence-corrected chi connectivity index (χ2v) is 4.49. The molecule has 0 saturated heterocycles. The Morgan fingerprint density at radius 1 is 0.941 bits per heavy atom. The molecule has 0 heterocycles. The highest BCUT2D eigenvalue weighted by Crippen LogP contribution is 2.08. The number of hydrogen-bond donors (Lipinski definition) is 2. The first-order valence-corrected chi connectivity index (χ1v) is 6.80. The van der Waals surface area contributed by atoms with E-state index in [0.29, 0.717) is 0 Å². The SMILES string of the molecule is CCNCCCNCCCc1ccccc1C. The number of benzene rings is 1. The van der Waals surface area contributed by atoms with E-state index in [9.17, 15) is 0 Å². The lowest BCUT2D eigenvalue weighted by Gasteiger charge is -2.07. The molecule has 0 aliphatic rings. The molecule has 0 fully saturated rings. The van der Waals surface area contributed by atoms with Crippen LogP contribution in [-0.4, -0.2) is 26.2 Å². The van der Waals surface area contributed by atoms with E-state index in [1.54, 1.807) is 0 Å². The summed E-state index contributed by atoms with van der Waals surface area (Å²) in [6.07, 6.45) is 3.64. The van der Waals surface area contributed by atoms with Gasteiger partial charge in [-0.1, -0.05) is 31.2 Å². The molecule has 0 saturated carbocycles. The molecule has 0 aliphatic heterocycles. The molecule has 0 aliphatic carbocycles. The maximum Gasteiger partial charge on any atom is -0.00368 e. The molecule has 1 rings (SSSR count). The highest BCUT2D eigenvalue weighted by Gasteiger charge is 1.96. The van der Waals surface area contributed by atoms with Crippen LogP contribution < -0.4 is 10.6 Å². The fraction of sp³-hybridized carbons (Fsp3) is 0.600. The second kappa shape index (κ2) is 9.20. The Kier molecular flexibility index (Phi) is 7.69. The smallest absolute Gasteiger partial charge is 0.00368 e. The zero-order valence-electron chi connectivity index (χ0n) is 11.3. The molecular weight excluding hydrogens is 208 g/mol. The topological polar surface area (TPSA) is 24.1 Å². The monoisotopic (exact) mass is 234 g/mol. The Morgan fingerprint density at radius 3 is 2.41 bits per heavy atom. The van der Waals surface area contributed by atoms with Gasteiger partial charge in [-0.3, -0.25) is 0 Å². The third kappa shape index (κ3) is 6.44. The van der Waals surface area contributed by atoms with Crippen molar-refractivity contribution in [2.45, 2.75) is 33.1 Å². The summed E-state index contributed by atoms with van der Waals surface area (Å²) in [4.78, 5) is 0. The molecule has 2 N–H and O–H groups in total. The van der Waals surface area contributed by atoms with Gasteiger partial charge >= 0.3 is 0 Å². The standard InChI is InChI=1S/C15H26N2/c1-3-16-12-7-13-17-11-6-10-15-9-5-4-8-14(15)2/h4-5,8-9,16-17H,3,6-7,10-13H2,1-2H3. The van der Waals surface area contributed by atoms with E-state index in [0.717, 1.165) is 26.2 Å². The zero-order chi connectivity index (χ0) is 12.3. The van der Waals surface area contributed by atoms with E-state index in [2.05, 4.69) is 48.7 Å². The summed E-state index contributed by atoms with van der Waals surface area (Å²) in [6.45, 7) is 8.80. The molecule has 1 aromatic rings. The molecule has 0 atom stereocenters. The van der Waals surface area contributed by atoms with Gasteiger partial charge in [-0.05, 0) is 63.5 Å². The van der Waals surface area contributed by atoms with Crippen molar-refractivity contribution in [1.29, 1.82) is 0 Å². The van der Waals surface area contributed by atoms with Gasteiger partial charge in [-0.2, -0.15) is 0 Å². The van der Waals surface area contributed by atoms with Gasteiger partial charge in [0.05, 0.1) is 0 Å². The Bertz CT molecular complexity index is 297. The molecule has 17 heavy (non-hydrogen) atoms. The quantitative estimate of drug-likeness (QED) is 0.642. The van der Waals surface area contributed by atoms with Gasteiger partial charge in [0.1, 0.15) is 0 Å². The highest BCUT2D eigenvalue weighted by molar-refractivity contribution is 5.25. The van der Waals surface area contributed by atoms with Crippen LogP contribution in [0.25, 0.3) is 0 Å². The lowest BCUT2D eigenvalue weighted by atomic mass is 10.0. The summed E-state index contributed by atoms with van der Waals surface area (Å²) in [5.41, 5.74) is 2.90. The van der Waals surface area contributed by atoms with Crippen LogP contribution in [0.2, 0.25) is 0 Å². The van der Waals surface area contributed by atoms with Crippen molar-refractivity contribution in [3.05, 3.63) is 35.4 Å². The zero-order valence-corrected chi connectivity index (χ0v) is 11.3. The van der Waals surface area contributed by atoms with Crippen LogP contribution in [0.4, 0.5) is 0 Å². The van der Waals surface area contributed by atoms with Gasteiger partial charge in [0.15, 0.2) is 0 Å². The number of rotatable bonds is 9. The van der Waals surface area contributed by atoms with Crippen LogP contribution >= 0.6 is 0 Å². The van der Waals surface area contributed by atoms with Gasteiger partial charge < -0.3 is 10.6 Å². The summed E-state index contributed by atoms with van der Waals surface area (Å²) in [7, 11) is 0. The Hall–Kier alpha value is -0.860. The highest BCUT2D eigenvalue weighted by atomic mass is 14.9. The minimum Gasteiger partial charge on any atom is -0.317 e. The predicted octanol–water partition coefficient (Wildman–Crippen LogP) is 2.52. The summed E-state index contributed by atoms with van der Waals surface area (Å²) >= 11 is 0. The van der Waals surface area contributed by atoms with Crippen molar-refractivity contribution in [3.63, 3.8) is 0 Å². The molecule has 0 amide bonds. The lowest BCUT2D eigenvalue weighted by Crippen LogP contribution is -2.22. The lowest BCUT2D eigenvalue weighted by molar-refractivity contribution is 0.592. The van der Waals surface area contributed by atoms with Crippen molar-refractivity contribution < 1.29 is 0 Å². The van der Waals surface area contributed by atoms with E-state index in [1.165, 1.54) is 30.4 Å². The summed E-state index contributed by atoms with van der Waals surface area (Å²) < 4.78 is 0. The largest absolute Gasteiger partial charge is 0.317 e. The van der Waals surface area contributed by atoms with Gasteiger partial charge in [0.2, 0.25) is 0 Å². The van der Waals surface area contributed by atoms with Crippen molar-refractivity contribution in [3.8, 4) is 0 Å². The Labute approximate surface area is 106 Å². The first-order chi connectivity index (χ1) is 8.34. The molecule has 0 unspecified atom stereocenters. The summed E-state index contributed by atoms with van der Waals surface area (Å²) in [5, 5.41) is 6.83. The molecule has 96 valence electrons. The minimum absolute atomic E-state index is 1.08. The van der Waals surface area contributed by atoms with Crippen LogP contribution in [0.3, 0.4) is 0 Å². The molecule has 2 nitrogen and oxygen atoms in total. The fourth-order valence-electron chi connectivity index (χ4n) is 1.93. The van der Waals surface area contributed by atoms with Crippen molar-refractivity contribution in [1.82, 2.24) is 10.6 Å². The van der Waals surface area contributed by atoms with E-state index >= 15 is 0 Å².